The molecule has 0 saturated heterocycles. The molecule has 0 spiro atoms. The maximum atomic E-state index is 11.7. The van der Waals surface area contributed by atoms with Crippen LogP contribution in [0.4, 0.5) is 0 Å². The molecule has 1 aromatic rings. The number of carbonyl (C=O) groups excluding carboxylic acids is 2. The zero-order valence-electron chi connectivity index (χ0n) is 10.4. The number of nitrogens with zero attached hydrogens (tertiary/aromatic N) is 1. The van der Waals surface area contributed by atoms with E-state index >= 15 is 0 Å². The Bertz CT molecular complexity index is 474. The molecule has 1 unspecified atom stereocenters. The van der Waals surface area contributed by atoms with Gasteiger partial charge in [-0.2, -0.15) is 0 Å². The van der Waals surface area contributed by atoms with Gasteiger partial charge in [0.25, 0.3) is 11.8 Å². The molecule has 1 rings (SSSR count). The SMILES string of the molecule is CC#CC(=O)NCC(C)NC(=O)c1cccnc1. The molecule has 0 saturated carbocycles. The van der Waals surface area contributed by atoms with E-state index in [1.807, 2.05) is 0 Å². The van der Waals surface area contributed by atoms with Crippen molar-refractivity contribution in [1.29, 1.82) is 0 Å². The molecule has 5 heteroatoms. The van der Waals surface area contributed by atoms with Crippen molar-refractivity contribution in [2.45, 2.75) is 19.9 Å². The van der Waals surface area contributed by atoms with Crippen LogP contribution in [0.1, 0.15) is 24.2 Å². The van der Waals surface area contributed by atoms with E-state index < -0.39 is 0 Å². The third-order valence-corrected chi connectivity index (χ3v) is 2.11. The van der Waals surface area contributed by atoms with Crippen LogP contribution in [0.2, 0.25) is 0 Å². The maximum absolute atomic E-state index is 11.7. The highest BCUT2D eigenvalue weighted by Crippen LogP contribution is 1.95. The molecule has 2 amide bonds. The second-order valence-corrected chi connectivity index (χ2v) is 3.70. The predicted octanol–water partition coefficient (Wildman–Crippen LogP) is 0.339. The molecule has 94 valence electrons. The monoisotopic (exact) mass is 245 g/mol. The van der Waals surface area contributed by atoms with Crippen LogP contribution < -0.4 is 10.6 Å². The van der Waals surface area contributed by atoms with Crippen molar-refractivity contribution in [2.24, 2.45) is 0 Å². The van der Waals surface area contributed by atoms with E-state index in [9.17, 15) is 9.59 Å². The average Bonchev–Trinajstić information content (AvgIpc) is 2.38. The normalized spacial score (nSPS) is 10.8. The van der Waals surface area contributed by atoms with Gasteiger partial charge in [-0.1, -0.05) is 5.92 Å². The Morgan fingerprint density at radius 3 is 2.89 bits per heavy atom. The molecular formula is C13H15N3O2. The zero-order chi connectivity index (χ0) is 13.4. The largest absolute Gasteiger partial charge is 0.348 e. The number of pyridine rings is 1. The lowest BCUT2D eigenvalue weighted by molar-refractivity contribution is -0.115. The third kappa shape index (κ3) is 4.66. The lowest BCUT2D eigenvalue weighted by atomic mass is 10.2. The van der Waals surface area contributed by atoms with E-state index in [1.54, 1.807) is 32.2 Å². The number of rotatable bonds is 4. The van der Waals surface area contributed by atoms with Crippen LogP contribution in [-0.4, -0.2) is 29.4 Å². The fourth-order valence-corrected chi connectivity index (χ4v) is 1.26. The second kappa shape index (κ2) is 7.07. The highest BCUT2D eigenvalue weighted by Gasteiger charge is 2.09. The summed E-state index contributed by atoms with van der Waals surface area (Å²) in [6.45, 7) is 3.72. The topological polar surface area (TPSA) is 71.1 Å². The number of amides is 2. The number of hydrogen-bond donors (Lipinski definition) is 2. The lowest BCUT2D eigenvalue weighted by Gasteiger charge is -2.13. The number of aromatic nitrogens is 1. The van der Waals surface area contributed by atoms with Gasteiger partial charge in [-0.3, -0.25) is 14.6 Å². The smallest absolute Gasteiger partial charge is 0.295 e. The average molecular weight is 245 g/mol. The molecular weight excluding hydrogens is 230 g/mol. The number of carbonyl (C=O) groups is 2. The summed E-state index contributed by atoms with van der Waals surface area (Å²) in [6.07, 6.45) is 3.09. The fourth-order valence-electron chi connectivity index (χ4n) is 1.26. The molecule has 0 fully saturated rings. The van der Waals surface area contributed by atoms with Crippen molar-refractivity contribution >= 4 is 11.8 Å². The predicted molar refractivity (Wildman–Crippen MR) is 67.6 cm³/mol. The van der Waals surface area contributed by atoms with E-state index in [0.29, 0.717) is 12.1 Å². The Balaban J connectivity index is 2.40. The van der Waals surface area contributed by atoms with Crippen LogP contribution in [0.5, 0.6) is 0 Å². The summed E-state index contributed by atoms with van der Waals surface area (Å²) in [5.41, 5.74) is 0.490. The van der Waals surface area contributed by atoms with Crippen molar-refractivity contribution in [3.63, 3.8) is 0 Å². The minimum Gasteiger partial charge on any atom is -0.348 e. The van der Waals surface area contributed by atoms with Crippen molar-refractivity contribution in [3.05, 3.63) is 30.1 Å². The van der Waals surface area contributed by atoms with Gasteiger partial charge in [0.2, 0.25) is 0 Å². The summed E-state index contributed by atoms with van der Waals surface area (Å²) in [6, 6.07) is 3.19. The first-order valence-corrected chi connectivity index (χ1v) is 5.55. The molecule has 0 aliphatic heterocycles. The van der Waals surface area contributed by atoms with Crippen molar-refractivity contribution in [1.82, 2.24) is 15.6 Å². The van der Waals surface area contributed by atoms with Crippen LogP contribution >= 0.6 is 0 Å². The Labute approximate surface area is 106 Å². The quantitative estimate of drug-likeness (QED) is 0.751. The van der Waals surface area contributed by atoms with Crippen LogP contribution in [-0.2, 0) is 4.79 Å². The zero-order valence-corrected chi connectivity index (χ0v) is 10.4. The van der Waals surface area contributed by atoms with Gasteiger partial charge in [0.15, 0.2) is 0 Å². The van der Waals surface area contributed by atoms with E-state index in [2.05, 4.69) is 27.5 Å². The summed E-state index contributed by atoms with van der Waals surface area (Å²) in [5.74, 6) is 4.30. The number of hydrogen-bond acceptors (Lipinski definition) is 3. The highest BCUT2D eigenvalue weighted by molar-refractivity contribution is 5.94. The van der Waals surface area contributed by atoms with Gasteiger partial charge in [-0.15, -0.1) is 0 Å². The van der Waals surface area contributed by atoms with Gasteiger partial charge in [-0.05, 0) is 31.9 Å². The molecule has 1 aromatic heterocycles. The Kier molecular flexibility index (Phi) is 5.39. The van der Waals surface area contributed by atoms with Crippen LogP contribution in [0.3, 0.4) is 0 Å². The molecule has 1 atom stereocenters. The third-order valence-electron chi connectivity index (χ3n) is 2.11. The summed E-state index contributed by atoms with van der Waals surface area (Å²) in [4.78, 5) is 26.7. The standard InChI is InChI=1S/C13H15N3O2/c1-3-5-12(17)15-8-10(2)16-13(18)11-6-4-7-14-9-11/h4,6-7,9-10H,8H2,1-2H3,(H,15,17)(H,16,18). The molecule has 1 heterocycles. The van der Waals surface area contributed by atoms with E-state index in [0.717, 1.165) is 0 Å². The number of nitrogens with one attached hydrogen (secondary N) is 2. The molecule has 18 heavy (non-hydrogen) atoms. The molecule has 5 nitrogen and oxygen atoms in total. The lowest BCUT2D eigenvalue weighted by Crippen LogP contribution is -2.41. The minimum atomic E-state index is -0.347. The van der Waals surface area contributed by atoms with Gasteiger partial charge < -0.3 is 10.6 Å². The molecule has 0 aromatic carbocycles. The van der Waals surface area contributed by atoms with E-state index in [4.69, 9.17) is 0 Å². The summed E-state index contributed by atoms with van der Waals surface area (Å²) in [7, 11) is 0. The van der Waals surface area contributed by atoms with Gasteiger partial charge >= 0.3 is 0 Å². The Hall–Kier alpha value is -2.35. The Morgan fingerprint density at radius 1 is 1.50 bits per heavy atom. The summed E-state index contributed by atoms with van der Waals surface area (Å²) in [5, 5.41) is 5.35. The van der Waals surface area contributed by atoms with Gasteiger partial charge in [0.1, 0.15) is 0 Å². The first-order chi connectivity index (χ1) is 8.63. The second-order valence-electron chi connectivity index (χ2n) is 3.70. The van der Waals surface area contributed by atoms with E-state index in [1.165, 1.54) is 6.20 Å². The van der Waals surface area contributed by atoms with Gasteiger partial charge in [-0.25, -0.2) is 0 Å². The minimum absolute atomic E-state index is 0.180. The van der Waals surface area contributed by atoms with Crippen molar-refractivity contribution < 1.29 is 9.59 Å². The summed E-state index contributed by atoms with van der Waals surface area (Å²) < 4.78 is 0. The van der Waals surface area contributed by atoms with E-state index in [-0.39, 0.29) is 17.9 Å². The maximum Gasteiger partial charge on any atom is 0.295 e. The molecule has 0 radical (unpaired) electrons. The van der Waals surface area contributed by atoms with Gasteiger partial charge in [0, 0.05) is 25.0 Å². The Morgan fingerprint density at radius 2 is 2.28 bits per heavy atom. The van der Waals surface area contributed by atoms with Crippen molar-refractivity contribution in [2.75, 3.05) is 6.54 Å². The first-order valence-electron chi connectivity index (χ1n) is 5.55. The molecule has 0 aliphatic carbocycles. The van der Waals surface area contributed by atoms with Crippen LogP contribution in [0, 0.1) is 11.8 Å². The fraction of sp³-hybridized carbons (Fsp3) is 0.308. The first kappa shape index (κ1) is 13.7. The van der Waals surface area contributed by atoms with Crippen LogP contribution in [0.15, 0.2) is 24.5 Å². The van der Waals surface area contributed by atoms with Gasteiger partial charge in [0.05, 0.1) is 5.56 Å². The molecule has 2 N–H and O–H groups in total. The summed E-state index contributed by atoms with van der Waals surface area (Å²) >= 11 is 0. The van der Waals surface area contributed by atoms with Crippen molar-refractivity contribution in [3.8, 4) is 11.8 Å². The molecule has 0 aliphatic rings. The van der Waals surface area contributed by atoms with Crippen LogP contribution in [0.25, 0.3) is 0 Å². The highest BCUT2D eigenvalue weighted by atomic mass is 16.2. The molecule has 0 bridgehead atoms.